The van der Waals surface area contributed by atoms with Crippen LogP contribution < -0.4 is 15.4 Å². The maximum atomic E-state index is 5.39. The molecular formula is C13H18N2O3. The SMILES string of the molecule is NOC1CCCN(Cc2ccc3c(c2)OCO3)C1. The first-order chi connectivity index (χ1) is 8.85. The number of benzene rings is 1. The molecular weight excluding hydrogens is 232 g/mol. The summed E-state index contributed by atoms with van der Waals surface area (Å²) in [4.78, 5) is 7.31. The standard InChI is InChI=1S/C13H18N2O3/c14-18-11-2-1-5-15(8-11)7-10-3-4-12-13(6-10)17-9-16-12/h3-4,6,11H,1-2,5,7-9,14H2. The molecule has 2 aliphatic heterocycles. The molecule has 2 aliphatic rings. The summed E-state index contributed by atoms with van der Waals surface area (Å²) in [6, 6.07) is 6.11. The average molecular weight is 250 g/mol. The number of ether oxygens (including phenoxy) is 2. The molecule has 1 fully saturated rings. The Hall–Kier alpha value is -1.30. The van der Waals surface area contributed by atoms with E-state index in [9.17, 15) is 0 Å². The Labute approximate surface area is 106 Å². The van der Waals surface area contributed by atoms with Crippen LogP contribution in [0.5, 0.6) is 11.5 Å². The molecule has 98 valence electrons. The molecule has 2 N–H and O–H groups in total. The van der Waals surface area contributed by atoms with Crippen molar-refractivity contribution < 1.29 is 14.3 Å². The second-order valence-electron chi connectivity index (χ2n) is 4.82. The van der Waals surface area contributed by atoms with E-state index < -0.39 is 0 Å². The maximum absolute atomic E-state index is 5.39. The summed E-state index contributed by atoms with van der Waals surface area (Å²) in [5.74, 6) is 6.95. The molecule has 2 heterocycles. The topological polar surface area (TPSA) is 57.0 Å². The number of likely N-dealkylation sites (tertiary alicyclic amines) is 1. The zero-order valence-electron chi connectivity index (χ0n) is 10.3. The fourth-order valence-corrected chi connectivity index (χ4v) is 2.57. The van der Waals surface area contributed by atoms with Crippen molar-refractivity contribution in [2.45, 2.75) is 25.5 Å². The van der Waals surface area contributed by atoms with E-state index in [-0.39, 0.29) is 6.10 Å². The smallest absolute Gasteiger partial charge is 0.231 e. The van der Waals surface area contributed by atoms with Crippen LogP contribution in [0.4, 0.5) is 0 Å². The highest BCUT2D eigenvalue weighted by Gasteiger charge is 2.21. The zero-order chi connectivity index (χ0) is 12.4. The number of hydrogen-bond donors (Lipinski definition) is 1. The number of nitrogens with zero attached hydrogens (tertiary/aromatic N) is 1. The molecule has 1 atom stereocenters. The van der Waals surface area contributed by atoms with E-state index in [1.807, 2.05) is 6.07 Å². The van der Waals surface area contributed by atoms with Crippen LogP contribution in [0.1, 0.15) is 18.4 Å². The van der Waals surface area contributed by atoms with E-state index in [0.29, 0.717) is 6.79 Å². The maximum Gasteiger partial charge on any atom is 0.231 e. The van der Waals surface area contributed by atoms with Crippen molar-refractivity contribution in [1.82, 2.24) is 4.90 Å². The molecule has 1 aromatic rings. The van der Waals surface area contributed by atoms with Gasteiger partial charge in [0.1, 0.15) is 0 Å². The summed E-state index contributed by atoms with van der Waals surface area (Å²) in [7, 11) is 0. The second-order valence-corrected chi connectivity index (χ2v) is 4.82. The molecule has 0 aromatic heterocycles. The predicted octanol–water partition coefficient (Wildman–Crippen LogP) is 1.27. The number of piperidine rings is 1. The summed E-state index contributed by atoms with van der Waals surface area (Å²) in [5.41, 5.74) is 1.23. The Kier molecular flexibility index (Phi) is 3.36. The number of rotatable bonds is 3. The minimum absolute atomic E-state index is 0.160. The van der Waals surface area contributed by atoms with Crippen LogP contribution in [0.3, 0.4) is 0 Å². The fourth-order valence-electron chi connectivity index (χ4n) is 2.57. The molecule has 1 unspecified atom stereocenters. The molecule has 3 rings (SSSR count). The molecule has 0 radical (unpaired) electrons. The first-order valence-corrected chi connectivity index (χ1v) is 6.31. The molecule has 5 nitrogen and oxygen atoms in total. The van der Waals surface area contributed by atoms with Gasteiger partial charge in [-0.2, -0.15) is 0 Å². The minimum Gasteiger partial charge on any atom is -0.454 e. The van der Waals surface area contributed by atoms with Gasteiger partial charge in [0.2, 0.25) is 6.79 Å². The van der Waals surface area contributed by atoms with E-state index >= 15 is 0 Å². The van der Waals surface area contributed by atoms with Gasteiger partial charge in [-0.05, 0) is 37.1 Å². The van der Waals surface area contributed by atoms with E-state index in [1.54, 1.807) is 0 Å². The summed E-state index contributed by atoms with van der Waals surface area (Å²) >= 11 is 0. The first kappa shape index (κ1) is 11.8. The van der Waals surface area contributed by atoms with E-state index in [1.165, 1.54) is 5.56 Å². The van der Waals surface area contributed by atoms with Gasteiger partial charge in [-0.25, -0.2) is 5.90 Å². The Morgan fingerprint density at radius 1 is 1.33 bits per heavy atom. The Bertz CT molecular complexity index is 425. The zero-order valence-corrected chi connectivity index (χ0v) is 10.3. The summed E-state index contributed by atoms with van der Waals surface area (Å²) in [6.45, 7) is 3.21. The quantitative estimate of drug-likeness (QED) is 0.819. The summed E-state index contributed by atoms with van der Waals surface area (Å²) < 4.78 is 10.7. The molecule has 0 saturated carbocycles. The molecule has 0 spiro atoms. The fraction of sp³-hybridized carbons (Fsp3) is 0.538. The van der Waals surface area contributed by atoms with Gasteiger partial charge < -0.3 is 9.47 Å². The van der Waals surface area contributed by atoms with Crippen molar-refractivity contribution in [2.24, 2.45) is 5.90 Å². The van der Waals surface area contributed by atoms with Gasteiger partial charge in [0.15, 0.2) is 11.5 Å². The van der Waals surface area contributed by atoms with Crippen LogP contribution >= 0.6 is 0 Å². The Morgan fingerprint density at radius 3 is 3.11 bits per heavy atom. The van der Waals surface area contributed by atoms with Gasteiger partial charge in [-0.1, -0.05) is 6.07 Å². The number of hydrogen-bond acceptors (Lipinski definition) is 5. The van der Waals surface area contributed by atoms with Crippen LogP contribution in [0, 0.1) is 0 Å². The highest BCUT2D eigenvalue weighted by molar-refractivity contribution is 5.44. The summed E-state index contributed by atoms with van der Waals surface area (Å²) in [5, 5.41) is 0. The monoisotopic (exact) mass is 250 g/mol. The van der Waals surface area contributed by atoms with Crippen molar-refractivity contribution in [3.8, 4) is 11.5 Å². The lowest BCUT2D eigenvalue weighted by Crippen LogP contribution is -2.40. The van der Waals surface area contributed by atoms with Crippen molar-refractivity contribution in [1.29, 1.82) is 0 Å². The van der Waals surface area contributed by atoms with Gasteiger partial charge in [-0.15, -0.1) is 0 Å². The minimum atomic E-state index is 0.160. The van der Waals surface area contributed by atoms with Crippen molar-refractivity contribution in [3.63, 3.8) is 0 Å². The van der Waals surface area contributed by atoms with E-state index in [2.05, 4.69) is 17.0 Å². The third-order valence-corrected chi connectivity index (χ3v) is 3.50. The number of nitrogens with two attached hydrogens (primary N) is 1. The van der Waals surface area contributed by atoms with Crippen LogP contribution in [0.15, 0.2) is 18.2 Å². The molecule has 18 heavy (non-hydrogen) atoms. The van der Waals surface area contributed by atoms with E-state index in [4.69, 9.17) is 20.2 Å². The van der Waals surface area contributed by atoms with Crippen LogP contribution in [-0.4, -0.2) is 30.9 Å². The molecule has 1 aromatic carbocycles. The third kappa shape index (κ3) is 2.43. The molecule has 5 heteroatoms. The molecule has 0 aliphatic carbocycles. The number of fused-ring (bicyclic) bond motifs is 1. The Morgan fingerprint density at radius 2 is 2.22 bits per heavy atom. The van der Waals surface area contributed by atoms with Crippen LogP contribution in [0.25, 0.3) is 0 Å². The average Bonchev–Trinajstić information content (AvgIpc) is 2.86. The lowest BCUT2D eigenvalue weighted by atomic mass is 10.1. The summed E-state index contributed by atoms with van der Waals surface area (Å²) in [6.07, 6.45) is 2.34. The largest absolute Gasteiger partial charge is 0.454 e. The predicted molar refractivity (Wildman–Crippen MR) is 66.1 cm³/mol. The van der Waals surface area contributed by atoms with Crippen molar-refractivity contribution in [2.75, 3.05) is 19.9 Å². The highest BCUT2D eigenvalue weighted by atomic mass is 16.7. The first-order valence-electron chi connectivity index (χ1n) is 6.31. The van der Waals surface area contributed by atoms with E-state index in [0.717, 1.165) is 44.0 Å². The lowest BCUT2D eigenvalue weighted by Gasteiger charge is -2.31. The third-order valence-electron chi connectivity index (χ3n) is 3.50. The Balaban J connectivity index is 1.65. The van der Waals surface area contributed by atoms with Crippen LogP contribution in [-0.2, 0) is 11.4 Å². The second kappa shape index (κ2) is 5.14. The van der Waals surface area contributed by atoms with Gasteiger partial charge in [0.25, 0.3) is 0 Å². The molecule has 0 bridgehead atoms. The van der Waals surface area contributed by atoms with Gasteiger partial charge in [0, 0.05) is 13.1 Å². The van der Waals surface area contributed by atoms with Crippen molar-refractivity contribution in [3.05, 3.63) is 23.8 Å². The molecule has 0 amide bonds. The normalized spacial score (nSPS) is 23.3. The lowest BCUT2D eigenvalue weighted by molar-refractivity contribution is -0.00368. The van der Waals surface area contributed by atoms with Crippen molar-refractivity contribution >= 4 is 0 Å². The molecule has 1 saturated heterocycles. The van der Waals surface area contributed by atoms with Gasteiger partial charge >= 0.3 is 0 Å². The highest BCUT2D eigenvalue weighted by Crippen LogP contribution is 2.33. The van der Waals surface area contributed by atoms with Gasteiger partial charge in [-0.3, -0.25) is 9.74 Å². The van der Waals surface area contributed by atoms with Gasteiger partial charge in [0.05, 0.1) is 6.10 Å². The van der Waals surface area contributed by atoms with Crippen LogP contribution in [0.2, 0.25) is 0 Å².